The first kappa shape index (κ1) is 21.3. The number of amides is 3. The highest BCUT2D eigenvalue weighted by Crippen LogP contribution is 2.44. The number of anilines is 1. The van der Waals surface area contributed by atoms with Crippen LogP contribution in [0, 0.1) is 0 Å². The van der Waals surface area contributed by atoms with E-state index in [1.54, 1.807) is 26.8 Å². The van der Waals surface area contributed by atoms with Crippen LogP contribution < -0.4 is 14.4 Å². The second-order valence-electron chi connectivity index (χ2n) is 8.77. The van der Waals surface area contributed by atoms with E-state index in [-0.39, 0.29) is 37.5 Å². The van der Waals surface area contributed by atoms with Gasteiger partial charge in [0.15, 0.2) is 11.5 Å². The number of nitrogens with zero attached hydrogens (tertiary/aromatic N) is 3. The van der Waals surface area contributed by atoms with Crippen LogP contribution >= 0.6 is 0 Å². The molecule has 0 aromatic heterocycles. The molecule has 8 heteroatoms. The van der Waals surface area contributed by atoms with Crippen molar-refractivity contribution in [3.8, 4) is 11.5 Å². The lowest BCUT2D eigenvalue weighted by Gasteiger charge is -2.48. The molecule has 0 saturated carbocycles. The van der Waals surface area contributed by atoms with Gasteiger partial charge >= 0.3 is 0 Å². The van der Waals surface area contributed by atoms with Gasteiger partial charge in [0.2, 0.25) is 18.6 Å². The molecule has 0 radical (unpaired) electrons. The number of carbonyl (C=O) groups is 3. The average molecular weight is 450 g/mol. The van der Waals surface area contributed by atoms with Gasteiger partial charge in [-0.2, -0.15) is 0 Å². The lowest BCUT2D eigenvalue weighted by Crippen LogP contribution is -2.62. The summed E-state index contributed by atoms with van der Waals surface area (Å²) >= 11 is 0. The summed E-state index contributed by atoms with van der Waals surface area (Å²) in [7, 11) is 0. The van der Waals surface area contributed by atoms with Crippen molar-refractivity contribution < 1.29 is 23.9 Å². The minimum absolute atomic E-state index is 0.00627. The largest absolute Gasteiger partial charge is 0.454 e. The van der Waals surface area contributed by atoms with Gasteiger partial charge in [-0.1, -0.05) is 18.2 Å². The molecule has 33 heavy (non-hydrogen) atoms. The van der Waals surface area contributed by atoms with E-state index in [1.807, 2.05) is 44.2 Å². The molecule has 8 nitrogen and oxygen atoms in total. The van der Waals surface area contributed by atoms with Gasteiger partial charge in [0.25, 0.3) is 5.91 Å². The third-order valence-electron chi connectivity index (χ3n) is 6.84. The molecule has 3 aliphatic heterocycles. The topological polar surface area (TPSA) is 79.4 Å². The Balaban J connectivity index is 1.32. The SMILES string of the molecule is CCN(Cc1ccc2c(c1)OCO2)C(=O)CCN1C(=O)c2ccccc2N2C(=O)CCC12C. The normalized spacial score (nSPS) is 20.7. The third-order valence-corrected chi connectivity index (χ3v) is 6.84. The Morgan fingerprint density at radius 3 is 2.73 bits per heavy atom. The van der Waals surface area contributed by atoms with Crippen molar-refractivity contribution >= 4 is 23.4 Å². The predicted octanol–water partition coefficient (Wildman–Crippen LogP) is 3.15. The lowest BCUT2D eigenvalue weighted by molar-refractivity contribution is -0.132. The van der Waals surface area contributed by atoms with Crippen molar-refractivity contribution in [3.05, 3.63) is 53.6 Å². The summed E-state index contributed by atoms with van der Waals surface area (Å²) in [5.41, 5.74) is 1.37. The van der Waals surface area contributed by atoms with Crippen molar-refractivity contribution in [2.45, 2.75) is 45.3 Å². The Kier molecular flexibility index (Phi) is 5.23. The van der Waals surface area contributed by atoms with Crippen LogP contribution in [0.5, 0.6) is 11.5 Å². The fourth-order valence-electron chi connectivity index (χ4n) is 5.04. The van der Waals surface area contributed by atoms with Gasteiger partial charge in [-0.25, -0.2) is 0 Å². The van der Waals surface area contributed by atoms with Gasteiger partial charge in [-0.05, 0) is 50.1 Å². The molecule has 3 amide bonds. The van der Waals surface area contributed by atoms with Crippen LogP contribution in [0.1, 0.15) is 49.0 Å². The zero-order valence-corrected chi connectivity index (χ0v) is 18.9. The Morgan fingerprint density at radius 1 is 1.12 bits per heavy atom. The third kappa shape index (κ3) is 3.50. The Labute approximate surface area is 192 Å². The minimum atomic E-state index is -0.753. The molecule has 172 valence electrons. The van der Waals surface area contributed by atoms with E-state index in [4.69, 9.17) is 9.47 Å². The van der Waals surface area contributed by atoms with Crippen molar-refractivity contribution in [3.63, 3.8) is 0 Å². The van der Waals surface area contributed by atoms with E-state index in [1.165, 1.54) is 0 Å². The molecule has 1 saturated heterocycles. The van der Waals surface area contributed by atoms with E-state index >= 15 is 0 Å². The lowest BCUT2D eigenvalue weighted by atomic mass is 9.98. The second-order valence-corrected chi connectivity index (χ2v) is 8.77. The molecular weight excluding hydrogens is 422 g/mol. The number of hydrogen-bond acceptors (Lipinski definition) is 5. The zero-order valence-electron chi connectivity index (χ0n) is 18.9. The summed E-state index contributed by atoms with van der Waals surface area (Å²) in [5, 5.41) is 0. The highest BCUT2D eigenvalue weighted by atomic mass is 16.7. The summed E-state index contributed by atoms with van der Waals surface area (Å²) in [4.78, 5) is 44.4. The number of benzene rings is 2. The van der Waals surface area contributed by atoms with Crippen LogP contribution in [0.2, 0.25) is 0 Å². The van der Waals surface area contributed by atoms with Crippen molar-refractivity contribution in [2.75, 3.05) is 24.8 Å². The summed E-state index contributed by atoms with van der Waals surface area (Å²) in [6.45, 7) is 5.31. The van der Waals surface area contributed by atoms with Gasteiger partial charge in [0, 0.05) is 32.5 Å². The molecule has 3 heterocycles. The molecule has 0 bridgehead atoms. The zero-order chi connectivity index (χ0) is 23.2. The van der Waals surface area contributed by atoms with Crippen LogP contribution in [0.4, 0.5) is 5.69 Å². The monoisotopic (exact) mass is 449 g/mol. The molecule has 2 aromatic carbocycles. The maximum Gasteiger partial charge on any atom is 0.257 e. The standard InChI is InChI=1S/C25H27N3O5/c1-3-26(15-17-8-9-20-21(14-17)33-16-32-20)22(29)11-13-27-24(31)18-6-4-5-7-19(18)28-23(30)10-12-25(27,28)2/h4-9,14H,3,10-13,15-16H2,1-2H3. The molecule has 5 rings (SSSR count). The van der Waals surface area contributed by atoms with E-state index in [2.05, 4.69) is 0 Å². The Bertz CT molecular complexity index is 1130. The molecule has 1 atom stereocenters. The van der Waals surface area contributed by atoms with Crippen molar-refractivity contribution in [2.24, 2.45) is 0 Å². The van der Waals surface area contributed by atoms with E-state index < -0.39 is 5.66 Å². The van der Waals surface area contributed by atoms with Crippen LogP contribution in [0.15, 0.2) is 42.5 Å². The first-order valence-corrected chi connectivity index (χ1v) is 11.3. The summed E-state index contributed by atoms with van der Waals surface area (Å²) in [5.74, 6) is 1.23. The van der Waals surface area contributed by atoms with Gasteiger partial charge in [0.1, 0.15) is 5.66 Å². The maximum absolute atomic E-state index is 13.4. The fraction of sp³-hybridized carbons (Fsp3) is 0.400. The summed E-state index contributed by atoms with van der Waals surface area (Å²) in [6.07, 6.45) is 1.12. The number of ether oxygens (including phenoxy) is 2. The molecule has 0 N–H and O–H groups in total. The summed E-state index contributed by atoms with van der Waals surface area (Å²) < 4.78 is 10.8. The van der Waals surface area contributed by atoms with Gasteiger partial charge < -0.3 is 19.3 Å². The van der Waals surface area contributed by atoms with Gasteiger partial charge in [0.05, 0.1) is 11.3 Å². The number of hydrogen-bond donors (Lipinski definition) is 0. The highest BCUT2D eigenvalue weighted by Gasteiger charge is 2.52. The molecule has 0 aliphatic carbocycles. The van der Waals surface area contributed by atoms with Crippen molar-refractivity contribution in [1.29, 1.82) is 0 Å². The fourth-order valence-corrected chi connectivity index (χ4v) is 5.04. The number of fused-ring (bicyclic) bond motifs is 4. The minimum Gasteiger partial charge on any atom is -0.454 e. The van der Waals surface area contributed by atoms with Crippen LogP contribution in [-0.2, 0) is 16.1 Å². The van der Waals surface area contributed by atoms with Crippen LogP contribution in [0.25, 0.3) is 0 Å². The second kappa shape index (κ2) is 8.10. The molecule has 2 aromatic rings. The average Bonchev–Trinajstić information content (AvgIpc) is 3.41. The quantitative estimate of drug-likeness (QED) is 0.677. The predicted molar refractivity (Wildman–Crippen MR) is 121 cm³/mol. The Hall–Kier alpha value is -3.55. The molecule has 3 aliphatic rings. The number of carbonyl (C=O) groups excluding carboxylic acids is 3. The van der Waals surface area contributed by atoms with Crippen molar-refractivity contribution in [1.82, 2.24) is 9.80 Å². The van der Waals surface area contributed by atoms with E-state index in [0.717, 1.165) is 5.56 Å². The first-order chi connectivity index (χ1) is 15.9. The number of para-hydroxylation sites is 1. The molecule has 1 fully saturated rings. The van der Waals surface area contributed by atoms with Gasteiger partial charge in [-0.15, -0.1) is 0 Å². The summed E-state index contributed by atoms with van der Waals surface area (Å²) in [6, 6.07) is 12.9. The van der Waals surface area contributed by atoms with Gasteiger partial charge in [-0.3, -0.25) is 19.3 Å². The molecular formula is C25H27N3O5. The van der Waals surface area contributed by atoms with Crippen LogP contribution in [0.3, 0.4) is 0 Å². The highest BCUT2D eigenvalue weighted by molar-refractivity contribution is 6.10. The van der Waals surface area contributed by atoms with E-state index in [0.29, 0.717) is 48.7 Å². The van der Waals surface area contributed by atoms with Crippen LogP contribution in [-0.4, -0.2) is 53.1 Å². The Morgan fingerprint density at radius 2 is 1.91 bits per heavy atom. The maximum atomic E-state index is 13.4. The smallest absolute Gasteiger partial charge is 0.257 e. The number of rotatable bonds is 6. The van der Waals surface area contributed by atoms with E-state index in [9.17, 15) is 14.4 Å². The first-order valence-electron chi connectivity index (χ1n) is 11.3. The molecule has 0 spiro atoms. The molecule has 1 unspecified atom stereocenters.